The fourth-order valence-corrected chi connectivity index (χ4v) is 4.08. The van der Waals surface area contributed by atoms with Gasteiger partial charge in [-0.05, 0) is 79.3 Å². The Hall–Kier alpha value is -3.93. The van der Waals surface area contributed by atoms with Crippen molar-refractivity contribution < 1.29 is 9.47 Å². The van der Waals surface area contributed by atoms with Gasteiger partial charge in [0.1, 0.15) is 11.5 Å². The summed E-state index contributed by atoms with van der Waals surface area (Å²) in [5, 5.41) is 5.15. The predicted molar refractivity (Wildman–Crippen MR) is 147 cm³/mol. The number of benzene rings is 3. The number of ether oxygens (including phenoxy) is 2. The Labute approximate surface area is 212 Å². The smallest absolute Gasteiger partial charge is 0.282 e. The van der Waals surface area contributed by atoms with Gasteiger partial charge in [0.05, 0.1) is 30.3 Å². The summed E-state index contributed by atoms with van der Waals surface area (Å²) in [5.74, 6) is 2.31. The number of hydrogen-bond donors (Lipinski definition) is 0. The molecule has 1 atom stereocenters. The normalized spacial score (nSPS) is 12.4. The quantitative estimate of drug-likeness (QED) is 0.266. The maximum absolute atomic E-state index is 13.6. The maximum Gasteiger partial charge on any atom is 0.282 e. The summed E-state index contributed by atoms with van der Waals surface area (Å²) in [5.41, 5.74) is 4.08. The molecule has 0 fully saturated rings. The van der Waals surface area contributed by atoms with Gasteiger partial charge in [0.25, 0.3) is 5.56 Å². The summed E-state index contributed by atoms with van der Waals surface area (Å²) in [7, 11) is 1.67. The summed E-state index contributed by atoms with van der Waals surface area (Å²) >= 11 is 0. The van der Waals surface area contributed by atoms with Gasteiger partial charge in [-0.1, -0.05) is 45.0 Å². The van der Waals surface area contributed by atoms with Crippen molar-refractivity contribution in [2.75, 3.05) is 7.11 Å². The lowest BCUT2D eigenvalue weighted by molar-refractivity contribution is 0.217. The number of aryl methyl sites for hydroxylation is 1. The van der Waals surface area contributed by atoms with Crippen molar-refractivity contribution in [3.05, 3.63) is 87.7 Å². The van der Waals surface area contributed by atoms with Crippen molar-refractivity contribution in [2.45, 2.75) is 53.1 Å². The van der Waals surface area contributed by atoms with Gasteiger partial charge in [-0.25, -0.2) is 4.98 Å². The monoisotopic (exact) mass is 483 g/mol. The van der Waals surface area contributed by atoms with Gasteiger partial charge in [-0.15, -0.1) is 0 Å². The summed E-state index contributed by atoms with van der Waals surface area (Å²) in [6.45, 7) is 10.3. The number of rotatable bonds is 8. The topological polar surface area (TPSA) is 65.7 Å². The number of hydrogen-bond acceptors (Lipinski definition) is 5. The SMILES string of the molecule is CC[C@H](C)Oc1cccc(C=Nn2c(-c3cc(C(C)C)c(OC)cc3C)nc3ccccc3c2=O)c1. The molecule has 3 aromatic carbocycles. The van der Waals surface area contributed by atoms with Gasteiger partial charge in [0.15, 0.2) is 5.82 Å². The highest BCUT2D eigenvalue weighted by molar-refractivity contribution is 5.82. The summed E-state index contributed by atoms with van der Waals surface area (Å²) < 4.78 is 13.0. The maximum atomic E-state index is 13.6. The van der Waals surface area contributed by atoms with Gasteiger partial charge >= 0.3 is 0 Å². The average Bonchev–Trinajstić information content (AvgIpc) is 2.87. The van der Waals surface area contributed by atoms with Crippen LogP contribution in [0.3, 0.4) is 0 Å². The number of methoxy groups -OCH3 is 1. The first-order chi connectivity index (χ1) is 17.3. The molecule has 1 aromatic heterocycles. The van der Waals surface area contributed by atoms with Crippen LogP contribution < -0.4 is 15.0 Å². The zero-order valence-electron chi connectivity index (χ0n) is 21.8. The molecule has 0 aliphatic carbocycles. The van der Waals surface area contributed by atoms with Crippen LogP contribution in [0.4, 0.5) is 0 Å². The van der Waals surface area contributed by atoms with E-state index in [0.717, 1.165) is 40.2 Å². The molecule has 0 saturated heterocycles. The molecule has 1 heterocycles. The summed E-state index contributed by atoms with van der Waals surface area (Å²) in [6, 6.07) is 19.1. The molecule has 0 N–H and O–H groups in total. The van der Waals surface area contributed by atoms with Crippen LogP contribution in [0.15, 0.2) is 70.6 Å². The lowest BCUT2D eigenvalue weighted by Gasteiger charge is -2.17. The molecule has 36 heavy (non-hydrogen) atoms. The van der Waals surface area contributed by atoms with Crippen molar-refractivity contribution >= 4 is 17.1 Å². The second-order valence-electron chi connectivity index (χ2n) is 9.29. The first-order valence-electron chi connectivity index (χ1n) is 12.3. The van der Waals surface area contributed by atoms with E-state index in [-0.39, 0.29) is 17.6 Å². The van der Waals surface area contributed by atoms with E-state index < -0.39 is 0 Å². The third kappa shape index (κ3) is 5.18. The molecule has 0 radical (unpaired) electrons. The average molecular weight is 484 g/mol. The standard InChI is InChI=1S/C30H33N3O3/c1-7-21(5)36-23-12-10-11-22(16-23)18-31-33-29(32-27-14-9-8-13-24(27)30(33)34)26-17-25(19(2)3)28(35-6)15-20(26)4/h8-19,21H,7H2,1-6H3/t21-/m0/s1. The fraction of sp³-hybridized carbons (Fsp3) is 0.300. The van der Waals surface area contributed by atoms with Crippen molar-refractivity contribution in [3.63, 3.8) is 0 Å². The van der Waals surface area contributed by atoms with E-state index in [2.05, 4.69) is 31.9 Å². The first-order valence-corrected chi connectivity index (χ1v) is 12.3. The number of fused-ring (bicyclic) bond motifs is 1. The highest BCUT2D eigenvalue weighted by atomic mass is 16.5. The minimum absolute atomic E-state index is 0.115. The Morgan fingerprint density at radius 1 is 1.06 bits per heavy atom. The summed E-state index contributed by atoms with van der Waals surface area (Å²) in [6.07, 6.45) is 2.70. The van der Waals surface area contributed by atoms with E-state index in [1.165, 1.54) is 4.68 Å². The number of para-hydroxylation sites is 1. The molecule has 4 aromatic rings. The van der Waals surface area contributed by atoms with Crippen LogP contribution in [0.2, 0.25) is 0 Å². The minimum Gasteiger partial charge on any atom is -0.496 e. The Morgan fingerprint density at radius 3 is 2.56 bits per heavy atom. The van der Waals surface area contributed by atoms with Crippen LogP contribution >= 0.6 is 0 Å². The lowest BCUT2D eigenvalue weighted by atomic mass is 9.96. The molecule has 0 aliphatic rings. The van der Waals surface area contributed by atoms with Crippen LogP contribution in [0.1, 0.15) is 56.7 Å². The van der Waals surface area contributed by atoms with E-state index in [1.54, 1.807) is 19.4 Å². The van der Waals surface area contributed by atoms with Gasteiger partial charge in [-0.3, -0.25) is 4.79 Å². The Bertz CT molecular complexity index is 1470. The molecule has 0 aliphatic heterocycles. The van der Waals surface area contributed by atoms with E-state index in [1.807, 2.05) is 62.4 Å². The third-order valence-corrected chi connectivity index (χ3v) is 6.29. The van der Waals surface area contributed by atoms with Crippen LogP contribution in [0.25, 0.3) is 22.3 Å². The van der Waals surface area contributed by atoms with Crippen molar-refractivity contribution in [1.82, 2.24) is 9.66 Å². The minimum atomic E-state index is -0.222. The number of aromatic nitrogens is 2. The van der Waals surface area contributed by atoms with E-state index in [0.29, 0.717) is 16.7 Å². The molecule has 0 saturated carbocycles. The molecule has 6 nitrogen and oxygen atoms in total. The van der Waals surface area contributed by atoms with E-state index >= 15 is 0 Å². The third-order valence-electron chi connectivity index (χ3n) is 6.29. The molecule has 0 unspecified atom stereocenters. The summed E-state index contributed by atoms with van der Waals surface area (Å²) in [4.78, 5) is 18.5. The molecular formula is C30H33N3O3. The molecule has 6 heteroatoms. The molecule has 0 bridgehead atoms. The number of nitrogens with zero attached hydrogens (tertiary/aromatic N) is 3. The van der Waals surface area contributed by atoms with Crippen LogP contribution in [-0.2, 0) is 0 Å². The van der Waals surface area contributed by atoms with Gasteiger partial charge in [-0.2, -0.15) is 9.78 Å². The second-order valence-corrected chi connectivity index (χ2v) is 9.29. The molecule has 0 spiro atoms. The van der Waals surface area contributed by atoms with Gasteiger partial charge < -0.3 is 9.47 Å². The van der Waals surface area contributed by atoms with Crippen LogP contribution in [-0.4, -0.2) is 29.1 Å². The highest BCUT2D eigenvalue weighted by Crippen LogP contribution is 2.34. The highest BCUT2D eigenvalue weighted by Gasteiger charge is 2.18. The van der Waals surface area contributed by atoms with Crippen molar-refractivity contribution in [1.29, 1.82) is 0 Å². The fourth-order valence-electron chi connectivity index (χ4n) is 4.08. The van der Waals surface area contributed by atoms with Crippen LogP contribution in [0, 0.1) is 6.92 Å². The molecule has 4 rings (SSSR count). The molecular weight excluding hydrogens is 450 g/mol. The van der Waals surface area contributed by atoms with E-state index in [9.17, 15) is 4.79 Å². The Balaban J connectivity index is 1.89. The Morgan fingerprint density at radius 2 is 1.83 bits per heavy atom. The second kappa shape index (κ2) is 10.8. The first kappa shape index (κ1) is 25.2. The van der Waals surface area contributed by atoms with Crippen molar-refractivity contribution in [3.8, 4) is 22.9 Å². The predicted octanol–water partition coefficient (Wildman–Crippen LogP) is 6.56. The molecule has 186 valence electrons. The largest absolute Gasteiger partial charge is 0.496 e. The zero-order valence-corrected chi connectivity index (χ0v) is 21.8. The lowest BCUT2D eigenvalue weighted by Crippen LogP contribution is -2.20. The Kier molecular flexibility index (Phi) is 7.53. The van der Waals surface area contributed by atoms with E-state index in [4.69, 9.17) is 14.5 Å². The van der Waals surface area contributed by atoms with Gasteiger partial charge in [0.2, 0.25) is 0 Å². The zero-order chi connectivity index (χ0) is 25.8. The molecule has 0 amide bonds. The van der Waals surface area contributed by atoms with Crippen molar-refractivity contribution in [2.24, 2.45) is 5.10 Å². The van der Waals surface area contributed by atoms with Crippen LogP contribution in [0.5, 0.6) is 11.5 Å². The van der Waals surface area contributed by atoms with Gasteiger partial charge in [0, 0.05) is 5.56 Å².